The minimum Gasteiger partial charge on any atom is -0.352 e. The van der Waals surface area contributed by atoms with Gasteiger partial charge in [-0.15, -0.1) is 11.3 Å². The van der Waals surface area contributed by atoms with E-state index in [0.717, 1.165) is 45.6 Å². The number of aryl methyl sites for hydroxylation is 1. The molecular formula is C19H19BrN4OS. The van der Waals surface area contributed by atoms with E-state index in [1.165, 1.54) is 4.88 Å². The SMILES string of the molecule is CCc1cc2c(N3CCN(C(=O)c4cccc(Br)c4)CC3)ncnc2s1. The maximum atomic E-state index is 12.7. The number of carbonyl (C=O) groups is 1. The van der Waals surface area contributed by atoms with E-state index < -0.39 is 0 Å². The predicted molar refractivity (Wildman–Crippen MR) is 109 cm³/mol. The lowest BCUT2D eigenvalue weighted by Crippen LogP contribution is -2.49. The first-order chi connectivity index (χ1) is 12.7. The minimum atomic E-state index is 0.0857. The number of rotatable bonds is 3. The molecule has 1 saturated heterocycles. The molecule has 1 fully saturated rings. The molecular weight excluding hydrogens is 412 g/mol. The van der Waals surface area contributed by atoms with Crippen LogP contribution >= 0.6 is 27.3 Å². The number of anilines is 1. The maximum Gasteiger partial charge on any atom is 0.254 e. The van der Waals surface area contributed by atoms with Crippen molar-refractivity contribution in [1.29, 1.82) is 0 Å². The Morgan fingerprint density at radius 3 is 2.73 bits per heavy atom. The van der Waals surface area contributed by atoms with E-state index in [4.69, 9.17) is 0 Å². The van der Waals surface area contributed by atoms with Crippen LogP contribution in [0.4, 0.5) is 5.82 Å². The lowest BCUT2D eigenvalue weighted by atomic mass is 10.2. The van der Waals surface area contributed by atoms with Crippen LogP contribution in [0.25, 0.3) is 10.2 Å². The Balaban J connectivity index is 1.50. The molecule has 0 N–H and O–H groups in total. The summed E-state index contributed by atoms with van der Waals surface area (Å²) in [5, 5.41) is 1.13. The average molecular weight is 431 g/mol. The van der Waals surface area contributed by atoms with Crippen LogP contribution in [0.3, 0.4) is 0 Å². The van der Waals surface area contributed by atoms with Crippen LogP contribution < -0.4 is 4.90 Å². The number of halogens is 1. The van der Waals surface area contributed by atoms with Gasteiger partial charge in [-0.3, -0.25) is 4.79 Å². The molecule has 1 amide bonds. The Hall–Kier alpha value is -1.99. The maximum absolute atomic E-state index is 12.7. The Morgan fingerprint density at radius 1 is 1.19 bits per heavy atom. The normalized spacial score (nSPS) is 14.8. The molecule has 0 unspecified atom stereocenters. The molecule has 134 valence electrons. The van der Waals surface area contributed by atoms with Crippen molar-refractivity contribution in [1.82, 2.24) is 14.9 Å². The summed E-state index contributed by atoms with van der Waals surface area (Å²) in [5.74, 6) is 1.07. The van der Waals surface area contributed by atoms with E-state index >= 15 is 0 Å². The van der Waals surface area contributed by atoms with Gasteiger partial charge >= 0.3 is 0 Å². The fraction of sp³-hybridized carbons (Fsp3) is 0.316. The summed E-state index contributed by atoms with van der Waals surface area (Å²) in [7, 11) is 0. The smallest absolute Gasteiger partial charge is 0.254 e. The molecule has 7 heteroatoms. The van der Waals surface area contributed by atoms with Gasteiger partial charge in [-0.25, -0.2) is 9.97 Å². The second-order valence-electron chi connectivity index (χ2n) is 6.27. The molecule has 26 heavy (non-hydrogen) atoms. The monoisotopic (exact) mass is 430 g/mol. The summed E-state index contributed by atoms with van der Waals surface area (Å²) >= 11 is 5.17. The Kier molecular flexibility index (Phi) is 4.91. The molecule has 1 aliphatic heterocycles. The highest BCUT2D eigenvalue weighted by Gasteiger charge is 2.24. The molecule has 1 aliphatic rings. The molecule has 3 heterocycles. The fourth-order valence-electron chi connectivity index (χ4n) is 3.24. The van der Waals surface area contributed by atoms with Gasteiger partial charge in [0.1, 0.15) is 17.0 Å². The van der Waals surface area contributed by atoms with E-state index in [1.807, 2.05) is 29.2 Å². The molecule has 0 bridgehead atoms. The number of hydrogen-bond donors (Lipinski definition) is 0. The van der Waals surface area contributed by atoms with Crippen LogP contribution in [0.2, 0.25) is 0 Å². The summed E-state index contributed by atoms with van der Waals surface area (Å²) in [6.07, 6.45) is 2.65. The van der Waals surface area contributed by atoms with Crippen molar-refractivity contribution >= 4 is 49.2 Å². The first-order valence-electron chi connectivity index (χ1n) is 8.69. The van der Waals surface area contributed by atoms with E-state index in [1.54, 1.807) is 17.7 Å². The van der Waals surface area contributed by atoms with E-state index in [9.17, 15) is 4.79 Å². The molecule has 2 aromatic heterocycles. The number of benzene rings is 1. The van der Waals surface area contributed by atoms with Crippen LogP contribution in [0.1, 0.15) is 22.2 Å². The topological polar surface area (TPSA) is 49.3 Å². The number of piperazine rings is 1. The third kappa shape index (κ3) is 3.33. The van der Waals surface area contributed by atoms with E-state index in [2.05, 4.69) is 43.8 Å². The van der Waals surface area contributed by atoms with Gasteiger partial charge in [0, 0.05) is 41.1 Å². The van der Waals surface area contributed by atoms with Crippen molar-refractivity contribution in [3.8, 4) is 0 Å². The molecule has 0 radical (unpaired) electrons. The highest BCUT2D eigenvalue weighted by atomic mass is 79.9. The number of carbonyl (C=O) groups excluding carboxylic acids is 1. The second kappa shape index (κ2) is 7.32. The molecule has 0 saturated carbocycles. The predicted octanol–water partition coefficient (Wildman–Crippen LogP) is 3.98. The van der Waals surface area contributed by atoms with Gasteiger partial charge in [0.2, 0.25) is 0 Å². The van der Waals surface area contributed by atoms with E-state index in [0.29, 0.717) is 13.1 Å². The molecule has 0 atom stereocenters. The number of amides is 1. The van der Waals surface area contributed by atoms with Crippen molar-refractivity contribution in [3.63, 3.8) is 0 Å². The number of aromatic nitrogens is 2. The quantitative estimate of drug-likeness (QED) is 0.630. The number of nitrogens with zero attached hydrogens (tertiary/aromatic N) is 4. The first kappa shape index (κ1) is 17.4. The lowest BCUT2D eigenvalue weighted by molar-refractivity contribution is 0.0746. The van der Waals surface area contributed by atoms with Crippen molar-refractivity contribution in [2.45, 2.75) is 13.3 Å². The highest BCUT2D eigenvalue weighted by molar-refractivity contribution is 9.10. The van der Waals surface area contributed by atoms with Crippen molar-refractivity contribution in [2.24, 2.45) is 0 Å². The van der Waals surface area contributed by atoms with Crippen molar-refractivity contribution in [2.75, 3.05) is 31.1 Å². The largest absolute Gasteiger partial charge is 0.352 e. The fourth-order valence-corrected chi connectivity index (χ4v) is 4.57. The van der Waals surface area contributed by atoms with Gasteiger partial charge in [-0.1, -0.05) is 28.9 Å². The van der Waals surface area contributed by atoms with Gasteiger partial charge in [0.25, 0.3) is 5.91 Å². The Labute approximate surface area is 164 Å². The van der Waals surface area contributed by atoms with Gasteiger partial charge in [0.15, 0.2) is 0 Å². The third-order valence-electron chi connectivity index (χ3n) is 4.65. The average Bonchev–Trinajstić information content (AvgIpc) is 3.11. The van der Waals surface area contributed by atoms with Crippen LogP contribution in [0, 0.1) is 0 Å². The zero-order chi connectivity index (χ0) is 18.1. The summed E-state index contributed by atoms with van der Waals surface area (Å²) in [5.41, 5.74) is 0.725. The Bertz CT molecular complexity index is 950. The van der Waals surface area contributed by atoms with Crippen LogP contribution in [0.15, 0.2) is 41.1 Å². The van der Waals surface area contributed by atoms with Gasteiger partial charge < -0.3 is 9.80 Å². The highest BCUT2D eigenvalue weighted by Crippen LogP contribution is 2.31. The van der Waals surface area contributed by atoms with Crippen molar-refractivity contribution in [3.05, 3.63) is 51.6 Å². The van der Waals surface area contributed by atoms with Gasteiger partial charge in [-0.2, -0.15) is 0 Å². The number of thiophene rings is 1. The summed E-state index contributed by atoms with van der Waals surface area (Å²) in [6, 6.07) is 9.77. The number of hydrogen-bond acceptors (Lipinski definition) is 5. The summed E-state index contributed by atoms with van der Waals surface area (Å²) < 4.78 is 0.926. The van der Waals surface area contributed by atoms with Crippen molar-refractivity contribution < 1.29 is 4.79 Å². The van der Waals surface area contributed by atoms with Crippen LogP contribution in [0.5, 0.6) is 0 Å². The van der Waals surface area contributed by atoms with E-state index in [-0.39, 0.29) is 5.91 Å². The standard InChI is InChI=1S/C19H19BrN4OS/c1-2-15-11-16-17(21-12-22-18(16)26-15)23-6-8-24(9-7-23)19(25)13-4-3-5-14(20)10-13/h3-5,10-12H,2,6-9H2,1H3. The number of fused-ring (bicyclic) bond motifs is 1. The first-order valence-corrected chi connectivity index (χ1v) is 10.3. The molecule has 4 rings (SSSR count). The summed E-state index contributed by atoms with van der Waals surface area (Å²) in [4.78, 5) is 28.2. The molecule has 5 nitrogen and oxygen atoms in total. The summed E-state index contributed by atoms with van der Waals surface area (Å²) in [6.45, 7) is 5.11. The van der Waals surface area contributed by atoms with Crippen LogP contribution in [-0.2, 0) is 6.42 Å². The van der Waals surface area contributed by atoms with Gasteiger partial charge in [0.05, 0.1) is 5.39 Å². The zero-order valence-electron chi connectivity index (χ0n) is 14.5. The molecule has 0 spiro atoms. The minimum absolute atomic E-state index is 0.0857. The lowest BCUT2D eigenvalue weighted by Gasteiger charge is -2.35. The van der Waals surface area contributed by atoms with Crippen LogP contribution in [-0.4, -0.2) is 47.0 Å². The third-order valence-corrected chi connectivity index (χ3v) is 6.33. The molecule has 1 aromatic carbocycles. The zero-order valence-corrected chi connectivity index (χ0v) is 16.9. The second-order valence-corrected chi connectivity index (χ2v) is 8.30. The Morgan fingerprint density at radius 2 is 2.00 bits per heavy atom. The van der Waals surface area contributed by atoms with Gasteiger partial charge in [-0.05, 0) is 30.7 Å². The molecule has 0 aliphatic carbocycles. The molecule has 3 aromatic rings.